The number of hydrogen-bond acceptors (Lipinski definition) is 4. The van der Waals surface area contributed by atoms with Crippen LogP contribution in [-0.2, 0) is 14.3 Å². The van der Waals surface area contributed by atoms with E-state index in [1.54, 1.807) is 27.7 Å². The lowest BCUT2D eigenvalue weighted by molar-refractivity contribution is -0.138. The van der Waals surface area contributed by atoms with Crippen LogP contribution < -0.4 is 5.32 Å². The lowest BCUT2D eigenvalue weighted by atomic mass is 9.98. The molecular weight excluding hydrogens is 294 g/mol. The molecule has 0 aromatic heterocycles. The topological polar surface area (TPSA) is 64.6 Å². The van der Waals surface area contributed by atoms with Crippen LogP contribution in [0.4, 0.5) is 4.79 Å². The highest BCUT2D eigenvalue weighted by Crippen LogP contribution is 2.23. The molecule has 5 nitrogen and oxygen atoms in total. The maximum atomic E-state index is 12.1. The van der Waals surface area contributed by atoms with Gasteiger partial charge in [-0.1, -0.05) is 36.4 Å². The summed E-state index contributed by atoms with van der Waals surface area (Å²) in [6.07, 6.45) is -0.616. The summed E-state index contributed by atoms with van der Waals surface area (Å²) < 4.78 is 10.3. The maximum absolute atomic E-state index is 12.1. The Morgan fingerprint density at radius 2 is 1.96 bits per heavy atom. The molecule has 23 heavy (non-hydrogen) atoms. The number of benzene rings is 1. The van der Waals surface area contributed by atoms with Crippen molar-refractivity contribution < 1.29 is 19.1 Å². The van der Waals surface area contributed by atoms with Crippen LogP contribution in [0, 0.1) is 6.92 Å². The van der Waals surface area contributed by atoms with Gasteiger partial charge < -0.3 is 14.8 Å². The molecule has 1 N–H and O–H groups in total. The molecule has 0 unspecified atom stereocenters. The number of alkyl carbamates (subject to hydrolysis) is 1. The fourth-order valence-corrected chi connectivity index (χ4v) is 1.99. The summed E-state index contributed by atoms with van der Waals surface area (Å²) in [4.78, 5) is 24.1. The summed E-state index contributed by atoms with van der Waals surface area (Å²) >= 11 is 0. The largest absolute Gasteiger partial charge is 0.463 e. The highest BCUT2D eigenvalue weighted by Gasteiger charge is 2.26. The van der Waals surface area contributed by atoms with Crippen molar-refractivity contribution in [3.8, 4) is 0 Å². The zero-order chi connectivity index (χ0) is 17.6. The normalized spacial score (nSPS) is 12.2. The first kappa shape index (κ1) is 18.7. The first-order valence-corrected chi connectivity index (χ1v) is 7.56. The van der Waals surface area contributed by atoms with E-state index in [4.69, 9.17) is 9.47 Å². The van der Waals surface area contributed by atoms with E-state index >= 15 is 0 Å². The number of amides is 1. The number of nitrogens with one attached hydrogen (secondary N) is 1. The molecule has 1 amide bonds. The van der Waals surface area contributed by atoms with E-state index in [-0.39, 0.29) is 12.2 Å². The van der Waals surface area contributed by atoms with Gasteiger partial charge in [-0.05, 0) is 40.2 Å². The minimum absolute atomic E-state index is 0.156. The van der Waals surface area contributed by atoms with Gasteiger partial charge in [0.2, 0.25) is 0 Å². The second-order valence-electron chi connectivity index (χ2n) is 6.24. The summed E-state index contributed by atoms with van der Waals surface area (Å²) in [5, 5.41) is 2.69. The lowest BCUT2D eigenvalue weighted by Gasteiger charge is -2.24. The van der Waals surface area contributed by atoms with Crippen LogP contribution in [0.5, 0.6) is 0 Å². The van der Waals surface area contributed by atoms with E-state index in [0.717, 1.165) is 11.1 Å². The van der Waals surface area contributed by atoms with E-state index in [9.17, 15) is 9.59 Å². The van der Waals surface area contributed by atoms with E-state index in [1.807, 2.05) is 31.2 Å². The molecule has 0 aliphatic carbocycles. The smallest absolute Gasteiger partial charge is 0.408 e. The number of aryl methyl sites for hydroxylation is 1. The Morgan fingerprint density at radius 1 is 1.30 bits per heavy atom. The van der Waals surface area contributed by atoms with Gasteiger partial charge >= 0.3 is 12.1 Å². The zero-order valence-electron chi connectivity index (χ0n) is 14.4. The van der Waals surface area contributed by atoms with Gasteiger partial charge in [0, 0.05) is 0 Å². The van der Waals surface area contributed by atoms with Gasteiger partial charge in [0.05, 0.1) is 18.2 Å². The van der Waals surface area contributed by atoms with Gasteiger partial charge in [-0.2, -0.15) is 0 Å². The minimum Gasteiger partial charge on any atom is -0.463 e. The van der Waals surface area contributed by atoms with Crippen molar-refractivity contribution in [1.29, 1.82) is 0 Å². The van der Waals surface area contributed by atoms with Crippen LogP contribution in [-0.4, -0.2) is 24.3 Å². The van der Waals surface area contributed by atoms with Crippen molar-refractivity contribution in [3.05, 3.63) is 47.5 Å². The third-order valence-corrected chi connectivity index (χ3v) is 2.92. The van der Waals surface area contributed by atoms with E-state index in [2.05, 4.69) is 11.9 Å². The minimum atomic E-state index is -0.705. The number of hydrogen-bond donors (Lipinski definition) is 1. The first-order chi connectivity index (χ1) is 10.6. The van der Waals surface area contributed by atoms with E-state index in [1.165, 1.54) is 0 Å². The number of ether oxygens (including phenoxy) is 2. The molecule has 0 aliphatic rings. The number of carbonyl (C=O) groups is 2. The van der Waals surface area contributed by atoms with Crippen molar-refractivity contribution >= 4 is 12.1 Å². The Morgan fingerprint density at radius 3 is 2.48 bits per heavy atom. The summed E-state index contributed by atoms with van der Waals surface area (Å²) in [6, 6.07) is 6.78. The SMILES string of the molecule is C=C(C(=O)OCC)[C@H](NC(=O)OC(C)(C)C)c1cccc(C)c1. The van der Waals surface area contributed by atoms with Crippen molar-refractivity contribution in [3.63, 3.8) is 0 Å². The fraction of sp³-hybridized carbons (Fsp3) is 0.444. The average Bonchev–Trinajstić information content (AvgIpc) is 2.42. The van der Waals surface area contributed by atoms with E-state index < -0.39 is 23.7 Å². The molecule has 0 aliphatic heterocycles. The standard InChI is InChI=1S/C18H25NO4/c1-7-22-16(20)13(3)15(14-10-8-9-12(2)11-14)19-17(21)23-18(4,5)6/h8-11,15H,3,7H2,1-2,4-6H3,(H,19,21)/t15-/m0/s1. The molecule has 0 saturated carbocycles. The van der Waals surface area contributed by atoms with Crippen LogP contribution in [0.25, 0.3) is 0 Å². The van der Waals surface area contributed by atoms with Crippen molar-refractivity contribution in [1.82, 2.24) is 5.32 Å². The molecule has 0 radical (unpaired) electrons. The van der Waals surface area contributed by atoms with Gasteiger partial charge in [-0.25, -0.2) is 9.59 Å². The average molecular weight is 319 g/mol. The molecule has 1 rings (SSSR count). The molecule has 1 aromatic rings. The Hall–Kier alpha value is -2.30. The van der Waals surface area contributed by atoms with Gasteiger partial charge in [0.1, 0.15) is 5.60 Å². The van der Waals surface area contributed by atoms with Crippen molar-refractivity contribution in [2.24, 2.45) is 0 Å². The van der Waals surface area contributed by atoms with Gasteiger partial charge in [-0.15, -0.1) is 0 Å². The second kappa shape index (κ2) is 7.81. The highest BCUT2D eigenvalue weighted by atomic mass is 16.6. The van der Waals surface area contributed by atoms with Crippen LogP contribution >= 0.6 is 0 Å². The predicted molar refractivity (Wildman–Crippen MR) is 89.1 cm³/mol. The molecule has 0 heterocycles. The highest BCUT2D eigenvalue weighted by molar-refractivity contribution is 5.90. The molecule has 1 aromatic carbocycles. The quantitative estimate of drug-likeness (QED) is 0.664. The molecule has 5 heteroatoms. The summed E-state index contributed by atoms with van der Waals surface area (Å²) in [6.45, 7) is 13.0. The zero-order valence-corrected chi connectivity index (χ0v) is 14.4. The lowest BCUT2D eigenvalue weighted by Crippen LogP contribution is -2.37. The molecule has 126 valence electrons. The van der Waals surface area contributed by atoms with Crippen LogP contribution in [0.1, 0.15) is 44.9 Å². The van der Waals surface area contributed by atoms with Gasteiger partial charge in [0.25, 0.3) is 0 Å². The Labute approximate surface area is 137 Å². The molecule has 1 atom stereocenters. The summed E-state index contributed by atoms with van der Waals surface area (Å²) in [7, 11) is 0. The van der Waals surface area contributed by atoms with Gasteiger partial charge in [0.15, 0.2) is 0 Å². The summed E-state index contributed by atoms with van der Waals surface area (Å²) in [5.41, 5.74) is 1.28. The summed E-state index contributed by atoms with van der Waals surface area (Å²) in [5.74, 6) is -0.546. The van der Waals surface area contributed by atoms with Crippen molar-refractivity contribution in [2.75, 3.05) is 6.61 Å². The predicted octanol–water partition coefficient (Wildman–Crippen LogP) is 3.68. The number of esters is 1. The number of rotatable bonds is 5. The Bertz CT molecular complexity index is 587. The van der Waals surface area contributed by atoms with Crippen molar-refractivity contribution in [2.45, 2.75) is 46.3 Å². The molecule has 0 fully saturated rings. The molecule has 0 spiro atoms. The number of carbonyl (C=O) groups excluding carboxylic acids is 2. The monoisotopic (exact) mass is 319 g/mol. The maximum Gasteiger partial charge on any atom is 0.408 e. The van der Waals surface area contributed by atoms with Crippen LogP contribution in [0.15, 0.2) is 36.4 Å². The second-order valence-corrected chi connectivity index (χ2v) is 6.24. The fourth-order valence-electron chi connectivity index (χ4n) is 1.99. The molecule has 0 saturated heterocycles. The van der Waals surface area contributed by atoms with Crippen LogP contribution in [0.2, 0.25) is 0 Å². The van der Waals surface area contributed by atoms with Crippen LogP contribution in [0.3, 0.4) is 0 Å². The molecular formula is C18H25NO4. The third kappa shape index (κ3) is 6.14. The Balaban J connectivity index is 3.04. The first-order valence-electron chi connectivity index (χ1n) is 7.56. The third-order valence-electron chi connectivity index (χ3n) is 2.92. The van der Waals surface area contributed by atoms with E-state index in [0.29, 0.717) is 0 Å². The Kier molecular flexibility index (Phi) is 6.37. The van der Waals surface area contributed by atoms with Gasteiger partial charge in [-0.3, -0.25) is 0 Å². The molecule has 0 bridgehead atoms.